The smallest absolute Gasteiger partial charge is 0.0931 e. The predicted octanol–water partition coefficient (Wildman–Crippen LogP) is 3.33. The molecular formula is C11H18ClNOS. The zero-order valence-corrected chi connectivity index (χ0v) is 11.0. The summed E-state index contributed by atoms with van der Waals surface area (Å²) in [5.74, 6) is 0.549. The normalized spacial score (nSPS) is 15.2. The predicted molar refractivity (Wildman–Crippen MR) is 66.8 cm³/mol. The fourth-order valence-corrected chi connectivity index (χ4v) is 2.83. The molecule has 1 aromatic rings. The molecule has 0 saturated carbocycles. The Hall–Kier alpha value is -0.0900. The lowest BCUT2D eigenvalue weighted by atomic mass is 10.0. The fraction of sp³-hybridized carbons (Fsp3) is 0.636. The highest BCUT2D eigenvalue weighted by atomic mass is 35.5. The van der Waals surface area contributed by atoms with Gasteiger partial charge in [-0.15, -0.1) is 11.3 Å². The van der Waals surface area contributed by atoms with Gasteiger partial charge in [0.05, 0.1) is 4.34 Å². The first-order chi connectivity index (χ1) is 7.17. The van der Waals surface area contributed by atoms with Crippen LogP contribution in [0.4, 0.5) is 0 Å². The number of methoxy groups -OCH3 is 1. The highest BCUT2D eigenvalue weighted by molar-refractivity contribution is 7.16. The van der Waals surface area contributed by atoms with Crippen LogP contribution in [0.3, 0.4) is 0 Å². The van der Waals surface area contributed by atoms with Gasteiger partial charge in [0.15, 0.2) is 0 Å². The Bertz CT molecular complexity index is 290. The van der Waals surface area contributed by atoms with Crippen LogP contribution in [0.15, 0.2) is 12.1 Å². The summed E-state index contributed by atoms with van der Waals surface area (Å²) in [5.41, 5.74) is 0. The molecule has 15 heavy (non-hydrogen) atoms. The van der Waals surface area contributed by atoms with Crippen LogP contribution in [-0.2, 0) is 4.74 Å². The molecular weight excluding hydrogens is 230 g/mol. The molecule has 0 aromatic carbocycles. The number of halogens is 1. The first-order valence-electron chi connectivity index (χ1n) is 5.08. The van der Waals surface area contributed by atoms with Gasteiger partial charge in [-0.1, -0.05) is 18.5 Å². The molecule has 0 saturated heterocycles. The second-order valence-corrected chi connectivity index (χ2v) is 5.53. The Morgan fingerprint density at radius 1 is 1.53 bits per heavy atom. The summed E-state index contributed by atoms with van der Waals surface area (Å²) in [4.78, 5) is 1.30. The van der Waals surface area contributed by atoms with Crippen molar-refractivity contribution in [3.63, 3.8) is 0 Å². The first-order valence-corrected chi connectivity index (χ1v) is 6.28. The SMILES string of the molecule is CNC(CC(C)COC)c1ccc(Cl)s1. The molecule has 2 unspecified atom stereocenters. The van der Waals surface area contributed by atoms with Crippen LogP contribution >= 0.6 is 22.9 Å². The number of rotatable bonds is 6. The van der Waals surface area contributed by atoms with Crippen molar-refractivity contribution in [3.8, 4) is 0 Å². The molecule has 1 N–H and O–H groups in total. The molecule has 0 aliphatic rings. The van der Waals surface area contributed by atoms with Gasteiger partial charge in [-0.2, -0.15) is 0 Å². The Morgan fingerprint density at radius 2 is 2.27 bits per heavy atom. The maximum Gasteiger partial charge on any atom is 0.0931 e. The largest absolute Gasteiger partial charge is 0.384 e. The minimum absolute atomic E-state index is 0.382. The van der Waals surface area contributed by atoms with Gasteiger partial charge in [0, 0.05) is 24.6 Å². The zero-order valence-electron chi connectivity index (χ0n) is 9.42. The number of hydrogen-bond acceptors (Lipinski definition) is 3. The van der Waals surface area contributed by atoms with Gasteiger partial charge in [0.2, 0.25) is 0 Å². The van der Waals surface area contributed by atoms with Crippen molar-refractivity contribution < 1.29 is 4.74 Å². The molecule has 4 heteroatoms. The molecule has 0 fully saturated rings. The van der Waals surface area contributed by atoms with Gasteiger partial charge in [-0.25, -0.2) is 0 Å². The molecule has 86 valence electrons. The van der Waals surface area contributed by atoms with Crippen LogP contribution in [-0.4, -0.2) is 20.8 Å². The summed E-state index contributed by atoms with van der Waals surface area (Å²) < 4.78 is 5.99. The third-order valence-corrected chi connectivity index (χ3v) is 3.72. The van der Waals surface area contributed by atoms with Crippen molar-refractivity contribution in [2.24, 2.45) is 5.92 Å². The maximum atomic E-state index is 5.93. The van der Waals surface area contributed by atoms with E-state index in [0.29, 0.717) is 12.0 Å². The minimum atomic E-state index is 0.382. The highest BCUT2D eigenvalue weighted by Crippen LogP contribution is 2.30. The van der Waals surface area contributed by atoms with Crippen LogP contribution in [0.5, 0.6) is 0 Å². The van der Waals surface area contributed by atoms with E-state index in [-0.39, 0.29) is 0 Å². The van der Waals surface area contributed by atoms with Crippen molar-refractivity contribution in [2.75, 3.05) is 20.8 Å². The van der Waals surface area contributed by atoms with E-state index in [9.17, 15) is 0 Å². The van der Waals surface area contributed by atoms with E-state index in [1.807, 2.05) is 13.1 Å². The molecule has 1 aromatic heterocycles. The molecule has 1 rings (SSSR count). The van der Waals surface area contributed by atoms with Crippen LogP contribution < -0.4 is 5.32 Å². The van der Waals surface area contributed by atoms with Crippen molar-refractivity contribution in [2.45, 2.75) is 19.4 Å². The molecule has 0 bridgehead atoms. The van der Waals surface area contributed by atoms with Crippen molar-refractivity contribution >= 4 is 22.9 Å². The highest BCUT2D eigenvalue weighted by Gasteiger charge is 2.15. The van der Waals surface area contributed by atoms with E-state index < -0.39 is 0 Å². The number of nitrogens with one attached hydrogen (secondary N) is 1. The van der Waals surface area contributed by atoms with E-state index in [1.54, 1.807) is 18.4 Å². The van der Waals surface area contributed by atoms with Crippen LogP contribution in [0.1, 0.15) is 24.3 Å². The van der Waals surface area contributed by atoms with Gasteiger partial charge < -0.3 is 10.1 Å². The van der Waals surface area contributed by atoms with E-state index in [0.717, 1.165) is 17.4 Å². The Morgan fingerprint density at radius 3 is 2.73 bits per heavy atom. The molecule has 1 heterocycles. The molecule has 0 aliphatic heterocycles. The monoisotopic (exact) mass is 247 g/mol. The molecule has 2 atom stereocenters. The van der Waals surface area contributed by atoms with Gasteiger partial charge in [-0.05, 0) is 31.5 Å². The van der Waals surface area contributed by atoms with E-state index in [1.165, 1.54) is 4.88 Å². The Kier molecular flexibility index (Phi) is 5.61. The average Bonchev–Trinajstić information content (AvgIpc) is 2.61. The summed E-state index contributed by atoms with van der Waals surface area (Å²) in [7, 11) is 3.73. The van der Waals surface area contributed by atoms with E-state index in [4.69, 9.17) is 16.3 Å². The fourth-order valence-electron chi connectivity index (χ4n) is 1.65. The Balaban J connectivity index is 2.56. The third-order valence-electron chi connectivity index (χ3n) is 2.38. The van der Waals surface area contributed by atoms with Gasteiger partial charge in [-0.3, -0.25) is 0 Å². The average molecular weight is 248 g/mol. The van der Waals surface area contributed by atoms with Crippen LogP contribution in [0.25, 0.3) is 0 Å². The molecule has 0 aliphatic carbocycles. The molecule has 2 nitrogen and oxygen atoms in total. The van der Waals surface area contributed by atoms with Crippen molar-refractivity contribution in [3.05, 3.63) is 21.3 Å². The summed E-state index contributed by atoms with van der Waals surface area (Å²) >= 11 is 7.57. The Labute approximate surface area is 101 Å². The van der Waals surface area contributed by atoms with Crippen LogP contribution in [0, 0.1) is 5.92 Å². The first kappa shape index (κ1) is 13.0. The van der Waals surface area contributed by atoms with Crippen LogP contribution in [0.2, 0.25) is 4.34 Å². The second-order valence-electron chi connectivity index (χ2n) is 3.78. The zero-order chi connectivity index (χ0) is 11.3. The standard InChI is InChI=1S/C11H18ClNOS/c1-8(7-14-3)6-9(13-2)10-4-5-11(12)15-10/h4-5,8-9,13H,6-7H2,1-3H3. The lowest BCUT2D eigenvalue weighted by Gasteiger charge is -2.18. The quantitative estimate of drug-likeness (QED) is 0.833. The molecule has 0 spiro atoms. The maximum absolute atomic E-state index is 5.93. The number of hydrogen-bond donors (Lipinski definition) is 1. The summed E-state index contributed by atoms with van der Waals surface area (Å²) in [6, 6.07) is 4.42. The summed E-state index contributed by atoms with van der Waals surface area (Å²) in [5, 5.41) is 3.32. The molecule has 0 radical (unpaired) electrons. The number of ether oxygens (including phenoxy) is 1. The van der Waals surface area contributed by atoms with Gasteiger partial charge >= 0.3 is 0 Å². The summed E-state index contributed by atoms with van der Waals surface area (Å²) in [6.45, 7) is 3.00. The van der Waals surface area contributed by atoms with Crippen molar-refractivity contribution in [1.29, 1.82) is 0 Å². The van der Waals surface area contributed by atoms with Crippen molar-refractivity contribution in [1.82, 2.24) is 5.32 Å². The molecule has 0 amide bonds. The summed E-state index contributed by atoms with van der Waals surface area (Å²) in [6.07, 6.45) is 1.07. The topological polar surface area (TPSA) is 21.3 Å². The van der Waals surface area contributed by atoms with E-state index >= 15 is 0 Å². The minimum Gasteiger partial charge on any atom is -0.384 e. The lowest BCUT2D eigenvalue weighted by molar-refractivity contribution is 0.150. The third kappa shape index (κ3) is 4.11. The lowest BCUT2D eigenvalue weighted by Crippen LogP contribution is -2.19. The number of thiophene rings is 1. The van der Waals surface area contributed by atoms with Gasteiger partial charge in [0.1, 0.15) is 0 Å². The van der Waals surface area contributed by atoms with E-state index in [2.05, 4.69) is 18.3 Å². The van der Waals surface area contributed by atoms with Gasteiger partial charge in [0.25, 0.3) is 0 Å². The second kappa shape index (κ2) is 6.48.